The van der Waals surface area contributed by atoms with Crippen molar-refractivity contribution in [2.75, 3.05) is 6.61 Å². The zero-order chi connectivity index (χ0) is 8.85. The number of carbonyl (C=O) groups excluding carboxylic acids is 1. The lowest BCUT2D eigenvalue weighted by atomic mass is 10.3. The number of alkyl halides is 1. The Balaban J connectivity index is 3.46. The van der Waals surface area contributed by atoms with Gasteiger partial charge in [-0.2, -0.15) is 0 Å². The van der Waals surface area contributed by atoms with E-state index in [1.807, 2.05) is 6.92 Å². The SMILES string of the molecule is CCC(Br)COC(=O)[C@H](C)O. The molecule has 0 bridgehead atoms. The third kappa shape index (κ3) is 5.21. The normalized spacial score (nSPS) is 15.6. The highest BCUT2D eigenvalue weighted by Gasteiger charge is 2.11. The maximum absolute atomic E-state index is 10.7. The van der Waals surface area contributed by atoms with Gasteiger partial charge in [0.05, 0.1) is 0 Å². The summed E-state index contributed by atoms with van der Waals surface area (Å²) in [7, 11) is 0. The van der Waals surface area contributed by atoms with E-state index in [9.17, 15) is 4.79 Å². The summed E-state index contributed by atoms with van der Waals surface area (Å²) in [5.41, 5.74) is 0. The van der Waals surface area contributed by atoms with E-state index in [1.165, 1.54) is 6.92 Å². The summed E-state index contributed by atoms with van der Waals surface area (Å²) < 4.78 is 4.72. The molecule has 0 radical (unpaired) electrons. The Hall–Kier alpha value is -0.0900. The Kier molecular flexibility index (Phi) is 5.50. The number of esters is 1. The van der Waals surface area contributed by atoms with Gasteiger partial charge in [-0.3, -0.25) is 0 Å². The van der Waals surface area contributed by atoms with Gasteiger partial charge in [0.2, 0.25) is 0 Å². The van der Waals surface area contributed by atoms with Gasteiger partial charge in [0.1, 0.15) is 12.7 Å². The van der Waals surface area contributed by atoms with E-state index < -0.39 is 12.1 Å². The van der Waals surface area contributed by atoms with Crippen LogP contribution in [-0.2, 0) is 9.53 Å². The lowest BCUT2D eigenvalue weighted by Gasteiger charge is -2.09. The molecule has 0 aliphatic carbocycles. The van der Waals surface area contributed by atoms with Crippen molar-refractivity contribution < 1.29 is 14.6 Å². The summed E-state index contributed by atoms with van der Waals surface area (Å²) in [4.78, 5) is 10.9. The minimum atomic E-state index is -1.02. The Labute approximate surface area is 74.9 Å². The first-order valence-corrected chi connectivity index (χ1v) is 4.48. The number of halogens is 1. The second-order valence-corrected chi connectivity index (χ2v) is 3.61. The summed E-state index contributed by atoms with van der Waals surface area (Å²) in [6.45, 7) is 3.69. The van der Waals surface area contributed by atoms with E-state index in [0.717, 1.165) is 6.42 Å². The van der Waals surface area contributed by atoms with E-state index in [-0.39, 0.29) is 4.83 Å². The average molecular weight is 225 g/mol. The van der Waals surface area contributed by atoms with Crippen molar-refractivity contribution in [2.24, 2.45) is 0 Å². The lowest BCUT2D eigenvalue weighted by molar-refractivity contribution is -0.152. The van der Waals surface area contributed by atoms with Gasteiger partial charge in [-0.15, -0.1) is 0 Å². The topological polar surface area (TPSA) is 46.5 Å². The molecule has 0 aromatic carbocycles. The number of hydrogen-bond acceptors (Lipinski definition) is 3. The monoisotopic (exact) mass is 224 g/mol. The summed E-state index contributed by atoms with van der Waals surface area (Å²) in [6, 6.07) is 0. The molecule has 0 spiro atoms. The summed E-state index contributed by atoms with van der Waals surface area (Å²) in [5, 5.41) is 8.72. The maximum atomic E-state index is 10.7. The van der Waals surface area contributed by atoms with Crippen LogP contribution in [0.3, 0.4) is 0 Å². The second-order valence-electron chi connectivity index (χ2n) is 2.31. The van der Waals surface area contributed by atoms with Gasteiger partial charge in [-0.25, -0.2) is 4.79 Å². The molecule has 3 nitrogen and oxygen atoms in total. The van der Waals surface area contributed by atoms with Gasteiger partial charge < -0.3 is 9.84 Å². The van der Waals surface area contributed by atoms with Crippen LogP contribution in [0.4, 0.5) is 0 Å². The molecule has 1 N–H and O–H groups in total. The number of hydrogen-bond donors (Lipinski definition) is 1. The molecule has 0 amide bonds. The van der Waals surface area contributed by atoms with Gasteiger partial charge in [0, 0.05) is 4.83 Å². The van der Waals surface area contributed by atoms with Gasteiger partial charge in [-0.05, 0) is 13.3 Å². The Morgan fingerprint density at radius 1 is 1.73 bits per heavy atom. The zero-order valence-corrected chi connectivity index (χ0v) is 8.30. The Morgan fingerprint density at radius 3 is 2.64 bits per heavy atom. The van der Waals surface area contributed by atoms with Crippen LogP contribution in [0.5, 0.6) is 0 Å². The summed E-state index contributed by atoms with van der Waals surface area (Å²) >= 11 is 3.30. The molecule has 66 valence electrons. The van der Waals surface area contributed by atoms with Crippen LogP contribution in [0.1, 0.15) is 20.3 Å². The first-order valence-electron chi connectivity index (χ1n) is 3.56. The molecule has 11 heavy (non-hydrogen) atoms. The third-order valence-corrected chi connectivity index (χ3v) is 2.10. The molecule has 0 saturated heterocycles. The predicted molar refractivity (Wildman–Crippen MR) is 45.6 cm³/mol. The number of aliphatic hydroxyl groups excluding tert-OH is 1. The van der Waals surface area contributed by atoms with Crippen molar-refractivity contribution in [2.45, 2.75) is 31.2 Å². The van der Waals surface area contributed by atoms with Crippen molar-refractivity contribution in [1.29, 1.82) is 0 Å². The van der Waals surface area contributed by atoms with Crippen molar-refractivity contribution in [1.82, 2.24) is 0 Å². The van der Waals surface area contributed by atoms with E-state index in [0.29, 0.717) is 6.61 Å². The Bertz CT molecular complexity index is 125. The third-order valence-electron chi connectivity index (χ3n) is 1.19. The van der Waals surface area contributed by atoms with E-state index in [2.05, 4.69) is 15.9 Å². The number of aliphatic hydroxyl groups is 1. The van der Waals surface area contributed by atoms with E-state index in [1.54, 1.807) is 0 Å². The molecule has 4 heteroatoms. The molecule has 1 unspecified atom stereocenters. The fourth-order valence-corrected chi connectivity index (χ4v) is 0.543. The van der Waals surface area contributed by atoms with E-state index in [4.69, 9.17) is 9.84 Å². The summed E-state index contributed by atoms with van der Waals surface area (Å²) in [5.74, 6) is -0.567. The van der Waals surface area contributed by atoms with Crippen LogP contribution in [0.15, 0.2) is 0 Å². The standard InChI is InChI=1S/C7H13BrO3/c1-3-6(8)4-11-7(10)5(2)9/h5-6,9H,3-4H2,1-2H3/t5-,6?/m0/s1. The fraction of sp³-hybridized carbons (Fsp3) is 0.857. The minimum Gasteiger partial charge on any atom is -0.463 e. The van der Waals surface area contributed by atoms with E-state index >= 15 is 0 Å². The van der Waals surface area contributed by atoms with Crippen LogP contribution >= 0.6 is 15.9 Å². The molecule has 0 saturated carbocycles. The first kappa shape index (κ1) is 10.9. The highest BCUT2D eigenvalue weighted by Crippen LogP contribution is 2.04. The lowest BCUT2D eigenvalue weighted by Crippen LogP contribution is -2.22. The number of ether oxygens (including phenoxy) is 1. The van der Waals surface area contributed by atoms with Crippen LogP contribution in [0, 0.1) is 0 Å². The molecule has 0 rings (SSSR count). The first-order chi connectivity index (χ1) is 5.07. The maximum Gasteiger partial charge on any atom is 0.334 e. The van der Waals surface area contributed by atoms with Crippen molar-refractivity contribution in [3.05, 3.63) is 0 Å². The zero-order valence-electron chi connectivity index (χ0n) is 6.71. The van der Waals surface area contributed by atoms with Crippen LogP contribution < -0.4 is 0 Å². The molecule has 2 atom stereocenters. The average Bonchev–Trinajstić information content (AvgIpc) is 1.99. The molecule has 0 fully saturated rings. The highest BCUT2D eigenvalue weighted by atomic mass is 79.9. The fourth-order valence-electron chi connectivity index (χ4n) is 0.411. The molecule has 0 aliphatic heterocycles. The van der Waals surface area contributed by atoms with Crippen molar-refractivity contribution in [3.8, 4) is 0 Å². The molecule has 0 aliphatic rings. The summed E-state index contributed by atoms with van der Waals surface area (Å²) in [6.07, 6.45) is -0.126. The smallest absolute Gasteiger partial charge is 0.334 e. The van der Waals surface area contributed by atoms with Gasteiger partial charge in [0.15, 0.2) is 0 Å². The molecular formula is C7H13BrO3. The Morgan fingerprint density at radius 2 is 2.27 bits per heavy atom. The van der Waals surface area contributed by atoms with Crippen LogP contribution in [0.25, 0.3) is 0 Å². The predicted octanol–water partition coefficient (Wildman–Crippen LogP) is 1.08. The van der Waals surface area contributed by atoms with Crippen molar-refractivity contribution in [3.63, 3.8) is 0 Å². The largest absolute Gasteiger partial charge is 0.463 e. The molecule has 0 heterocycles. The molecular weight excluding hydrogens is 212 g/mol. The van der Waals surface area contributed by atoms with Gasteiger partial charge >= 0.3 is 5.97 Å². The number of carbonyl (C=O) groups is 1. The van der Waals surface area contributed by atoms with Crippen LogP contribution in [-0.4, -0.2) is 28.6 Å². The highest BCUT2D eigenvalue weighted by molar-refractivity contribution is 9.09. The molecule has 0 aromatic heterocycles. The van der Waals surface area contributed by atoms with Gasteiger partial charge in [0.25, 0.3) is 0 Å². The number of rotatable bonds is 4. The second kappa shape index (κ2) is 5.55. The van der Waals surface area contributed by atoms with Crippen LogP contribution in [0.2, 0.25) is 0 Å². The quantitative estimate of drug-likeness (QED) is 0.575. The minimum absolute atomic E-state index is 0.185. The molecule has 0 aromatic rings. The van der Waals surface area contributed by atoms with Gasteiger partial charge in [-0.1, -0.05) is 22.9 Å². The van der Waals surface area contributed by atoms with Crippen molar-refractivity contribution >= 4 is 21.9 Å².